The highest BCUT2D eigenvalue weighted by Crippen LogP contribution is 2.26. The van der Waals surface area contributed by atoms with Crippen molar-refractivity contribution < 1.29 is 9.53 Å². The number of hydrogen-bond donors (Lipinski definition) is 2. The number of nitrogens with two attached hydrogens (primary N) is 1. The molecule has 1 aliphatic rings. The normalized spacial score (nSPS) is 14.4. The number of ether oxygens (including phenoxy) is 1. The van der Waals surface area contributed by atoms with Gasteiger partial charge in [0.25, 0.3) is 5.91 Å². The number of amides is 1. The van der Waals surface area contributed by atoms with Crippen LogP contribution in [0.5, 0.6) is 5.75 Å². The molecule has 1 aromatic carbocycles. The molecule has 7 nitrogen and oxygen atoms in total. The van der Waals surface area contributed by atoms with Gasteiger partial charge in [0.05, 0.1) is 7.11 Å². The largest absolute Gasteiger partial charge is 0.497 e. The van der Waals surface area contributed by atoms with E-state index >= 15 is 0 Å². The lowest BCUT2D eigenvalue weighted by Gasteiger charge is -2.31. The van der Waals surface area contributed by atoms with E-state index in [9.17, 15) is 4.79 Å². The van der Waals surface area contributed by atoms with Crippen LogP contribution in [0.4, 0.5) is 11.6 Å². The number of methoxy groups -OCH3 is 1. The summed E-state index contributed by atoms with van der Waals surface area (Å²) in [6.45, 7) is 1.83. The molecular formula is C23H25N5O2. The van der Waals surface area contributed by atoms with Gasteiger partial charge in [0, 0.05) is 37.1 Å². The molecule has 0 bridgehead atoms. The number of carbonyl (C=O) groups is 1. The molecule has 2 aromatic heterocycles. The van der Waals surface area contributed by atoms with Gasteiger partial charge >= 0.3 is 0 Å². The van der Waals surface area contributed by atoms with Crippen molar-refractivity contribution in [2.24, 2.45) is 5.73 Å². The Balaban J connectivity index is 1.50. The minimum Gasteiger partial charge on any atom is -0.497 e. The van der Waals surface area contributed by atoms with E-state index in [4.69, 9.17) is 10.5 Å². The van der Waals surface area contributed by atoms with Crippen molar-refractivity contribution in [3.8, 4) is 16.9 Å². The zero-order chi connectivity index (χ0) is 20.9. The number of carbonyl (C=O) groups excluding carboxylic acids is 1. The highest BCUT2D eigenvalue weighted by Gasteiger charge is 2.17. The molecule has 0 atom stereocenters. The van der Waals surface area contributed by atoms with Gasteiger partial charge in [0.2, 0.25) is 0 Å². The molecule has 0 unspecified atom stereocenters. The van der Waals surface area contributed by atoms with E-state index in [1.165, 1.54) is 0 Å². The SMILES string of the molecule is COc1ccc(C(=O)Nc2cc(-c3ccnc(N4CCC(N)CC4)c3)ccn2)cc1. The van der Waals surface area contributed by atoms with Crippen molar-refractivity contribution in [3.63, 3.8) is 0 Å². The Morgan fingerprint density at radius 3 is 2.40 bits per heavy atom. The molecule has 3 heterocycles. The van der Waals surface area contributed by atoms with Crippen LogP contribution in [-0.4, -0.2) is 42.1 Å². The number of aromatic nitrogens is 2. The first-order chi connectivity index (χ1) is 14.6. The van der Waals surface area contributed by atoms with Gasteiger partial charge in [-0.25, -0.2) is 9.97 Å². The standard InChI is InChI=1S/C23H25N5O2/c1-30-20-4-2-16(3-5-20)23(29)27-21-14-17(6-10-25-21)18-7-11-26-22(15-18)28-12-8-19(24)9-13-28/h2-7,10-11,14-15,19H,8-9,12-13,24H2,1H3,(H,25,27,29). The first-order valence-corrected chi connectivity index (χ1v) is 10.0. The number of nitrogens with one attached hydrogen (secondary N) is 1. The zero-order valence-electron chi connectivity index (χ0n) is 16.9. The third-order valence-electron chi connectivity index (χ3n) is 5.30. The molecule has 7 heteroatoms. The fourth-order valence-electron chi connectivity index (χ4n) is 3.51. The minimum atomic E-state index is -0.220. The van der Waals surface area contributed by atoms with Crippen molar-refractivity contribution in [1.29, 1.82) is 0 Å². The quantitative estimate of drug-likeness (QED) is 0.679. The van der Waals surface area contributed by atoms with Crippen LogP contribution in [0.3, 0.4) is 0 Å². The maximum absolute atomic E-state index is 12.5. The fraction of sp³-hybridized carbons (Fsp3) is 0.261. The molecule has 0 radical (unpaired) electrons. The second-order valence-electron chi connectivity index (χ2n) is 7.34. The number of nitrogens with zero attached hydrogens (tertiary/aromatic N) is 3. The summed E-state index contributed by atoms with van der Waals surface area (Å²) in [7, 11) is 1.59. The van der Waals surface area contributed by atoms with E-state index in [-0.39, 0.29) is 11.9 Å². The molecule has 1 amide bonds. The summed E-state index contributed by atoms with van der Waals surface area (Å²) in [5, 5.41) is 2.86. The summed E-state index contributed by atoms with van der Waals surface area (Å²) in [6.07, 6.45) is 5.46. The summed E-state index contributed by atoms with van der Waals surface area (Å²) in [5.41, 5.74) is 8.54. The zero-order valence-corrected chi connectivity index (χ0v) is 16.9. The molecule has 3 aromatic rings. The van der Waals surface area contributed by atoms with Gasteiger partial charge < -0.3 is 20.7 Å². The number of pyridine rings is 2. The summed E-state index contributed by atoms with van der Waals surface area (Å²) in [5.74, 6) is 1.92. The molecule has 1 aliphatic heterocycles. The first kappa shape index (κ1) is 19.8. The number of rotatable bonds is 5. The van der Waals surface area contributed by atoms with Crippen LogP contribution in [0.2, 0.25) is 0 Å². The molecule has 30 heavy (non-hydrogen) atoms. The predicted molar refractivity (Wildman–Crippen MR) is 118 cm³/mol. The van der Waals surface area contributed by atoms with Gasteiger partial charge in [0.1, 0.15) is 17.4 Å². The van der Waals surface area contributed by atoms with Crippen LogP contribution >= 0.6 is 0 Å². The molecule has 154 valence electrons. The molecule has 1 saturated heterocycles. The van der Waals surface area contributed by atoms with E-state index in [0.29, 0.717) is 17.1 Å². The highest BCUT2D eigenvalue weighted by molar-refractivity contribution is 6.04. The summed E-state index contributed by atoms with van der Waals surface area (Å²) >= 11 is 0. The van der Waals surface area contributed by atoms with E-state index in [1.807, 2.05) is 24.4 Å². The molecule has 0 spiro atoms. The topological polar surface area (TPSA) is 93.4 Å². The second-order valence-corrected chi connectivity index (χ2v) is 7.34. The second kappa shape index (κ2) is 8.92. The van der Waals surface area contributed by atoms with Gasteiger partial charge in [-0.2, -0.15) is 0 Å². The van der Waals surface area contributed by atoms with Crippen molar-refractivity contribution in [1.82, 2.24) is 9.97 Å². The third-order valence-corrected chi connectivity index (χ3v) is 5.30. The lowest BCUT2D eigenvalue weighted by molar-refractivity contribution is 0.102. The lowest BCUT2D eigenvalue weighted by atomic mass is 10.0. The van der Waals surface area contributed by atoms with Crippen LogP contribution in [0.25, 0.3) is 11.1 Å². The number of piperidine rings is 1. The number of benzene rings is 1. The minimum absolute atomic E-state index is 0.220. The van der Waals surface area contributed by atoms with Gasteiger partial charge in [-0.15, -0.1) is 0 Å². The van der Waals surface area contributed by atoms with Crippen molar-refractivity contribution in [2.75, 3.05) is 30.4 Å². The third kappa shape index (κ3) is 4.58. The van der Waals surface area contributed by atoms with Gasteiger partial charge in [-0.1, -0.05) is 0 Å². The van der Waals surface area contributed by atoms with E-state index in [0.717, 1.165) is 42.9 Å². The molecular weight excluding hydrogens is 378 g/mol. The van der Waals surface area contributed by atoms with Crippen LogP contribution in [0.1, 0.15) is 23.2 Å². The van der Waals surface area contributed by atoms with Crippen LogP contribution in [0.15, 0.2) is 60.9 Å². The van der Waals surface area contributed by atoms with Crippen molar-refractivity contribution >= 4 is 17.5 Å². The Hall–Kier alpha value is -3.45. The maximum Gasteiger partial charge on any atom is 0.256 e. The first-order valence-electron chi connectivity index (χ1n) is 10.0. The van der Waals surface area contributed by atoms with Gasteiger partial charge in [-0.3, -0.25) is 4.79 Å². The van der Waals surface area contributed by atoms with Crippen LogP contribution < -0.4 is 20.7 Å². The fourth-order valence-corrected chi connectivity index (χ4v) is 3.51. The highest BCUT2D eigenvalue weighted by atomic mass is 16.5. The average molecular weight is 403 g/mol. The van der Waals surface area contributed by atoms with Crippen molar-refractivity contribution in [3.05, 3.63) is 66.5 Å². The van der Waals surface area contributed by atoms with E-state index in [1.54, 1.807) is 37.6 Å². The van der Waals surface area contributed by atoms with E-state index < -0.39 is 0 Å². The molecule has 0 aliphatic carbocycles. The Morgan fingerprint density at radius 2 is 1.70 bits per heavy atom. The summed E-state index contributed by atoms with van der Waals surface area (Å²) in [6, 6.07) is 15.1. The number of hydrogen-bond acceptors (Lipinski definition) is 6. The molecule has 0 saturated carbocycles. The van der Waals surface area contributed by atoms with Gasteiger partial charge in [-0.05, 0) is 72.5 Å². The Bertz CT molecular complexity index is 1010. The summed E-state index contributed by atoms with van der Waals surface area (Å²) < 4.78 is 5.13. The predicted octanol–water partition coefficient (Wildman–Crippen LogP) is 3.33. The Labute approximate surface area is 175 Å². The average Bonchev–Trinajstić information content (AvgIpc) is 2.80. The van der Waals surface area contributed by atoms with Crippen LogP contribution in [-0.2, 0) is 0 Å². The smallest absolute Gasteiger partial charge is 0.256 e. The lowest BCUT2D eigenvalue weighted by Crippen LogP contribution is -2.40. The summed E-state index contributed by atoms with van der Waals surface area (Å²) in [4.78, 5) is 23.6. The van der Waals surface area contributed by atoms with Crippen molar-refractivity contribution in [2.45, 2.75) is 18.9 Å². The molecule has 4 rings (SSSR count). The van der Waals surface area contributed by atoms with E-state index in [2.05, 4.69) is 26.3 Å². The molecule has 1 fully saturated rings. The monoisotopic (exact) mass is 403 g/mol. The Kier molecular flexibility index (Phi) is 5.90. The maximum atomic E-state index is 12.5. The molecule has 3 N–H and O–H groups in total. The Morgan fingerprint density at radius 1 is 1.03 bits per heavy atom. The van der Waals surface area contributed by atoms with Gasteiger partial charge in [0.15, 0.2) is 0 Å². The number of anilines is 2. The van der Waals surface area contributed by atoms with Crippen LogP contribution in [0, 0.1) is 0 Å².